The first kappa shape index (κ1) is 13.0. The van der Waals surface area contributed by atoms with Crippen molar-refractivity contribution in [1.82, 2.24) is 4.90 Å². The van der Waals surface area contributed by atoms with Gasteiger partial charge in [0.05, 0.1) is 7.11 Å². The highest BCUT2D eigenvalue weighted by Gasteiger charge is 2.43. The van der Waals surface area contributed by atoms with Crippen LogP contribution in [0.1, 0.15) is 50.2 Å². The average Bonchev–Trinajstić information content (AvgIpc) is 2.75. The van der Waals surface area contributed by atoms with Crippen LogP contribution in [0.25, 0.3) is 0 Å². The molecule has 1 aliphatic heterocycles. The minimum atomic E-state index is 0.682. The minimum Gasteiger partial charge on any atom is -0.496 e. The fourth-order valence-electron chi connectivity index (χ4n) is 4.25. The maximum Gasteiger partial charge on any atom is 0.122 e. The number of benzene rings is 1. The lowest BCUT2D eigenvalue weighted by Crippen LogP contribution is -2.38. The quantitative estimate of drug-likeness (QED) is 0.822. The van der Waals surface area contributed by atoms with E-state index in [2.05, 4.69) is 36.9 Å². The molecule has 3 rings (SSSR count). The molecule has 19 heavy (non-hydrogen) atoms. The van der Waals surface area contributed by atoms with Crippen LogP contribution >= 0.6 is 0 Å². The third kappa shape index (κ3) is 2.06. The average molecular weight is 259 g/mol. The predicted octanol–water partition coefficient (Wildman–Crippen LogP) is 3.60. The molecule has 3 atom stereocenters. The van der Waals surface area contributed by atoms with Crippen molar-refractivity contribution < 1.29 is 4.74 Å². The summed E-state index contributed by atoms with van der Waals surface area (Å²) in [5.41, 5.74) is 3.03. The topological polar surface area (TPSA) is 12.5 Å². The molecule has 1 unspecified atom stereocenters. The van der Waals surface area contributed by atoms with Crippen molar-refractivity contribution in [2.75, 3.05) is 13.7 Å². The molecule has 0 N–H and O–H groups in total. The lowest BCUT2D eigenvalue weighted by molar-refractivity contribution is 0.185. The third-order valence-corrected chi connectivity index (χ3v) is 4.99. The van der Waals surface area contributed by atoms with E-state index in [1.807, 2.05) is 0 Å². The monoisotopic (exact) mass is 259 g/mol. The van der Waals surface area contributed by atoms with Gasteiger partial charge >= 0.3 is 0 Å². The van der Waals surface area contributed by atoms with Crippen molar-refractivity contribution in [3.8, 4) is 5.75 Å². The van der Waals surface area contributed by atoms with E-state index in [1.54, 1.807) is 7.11 Å². The van der Waals surface area contributed by atoms with Crippen LogP contribution in [-0.4, -0.2) is 30.6 Å². The van der Waals surface area contributed by atoms with E-state index in [-0.39, 0.29) is 0 Å². The van der Waals surface area contributed by atoms with Gasteiger partial charge in [0.2, 0.25) is 0 Å². The van der Waals surface area contributed by atoms with E-state index in [1.165, 1.54) is 43.4 Å². The number of hydrogen-bond acceptors (Lipinski definition) is 2. The molecular formula is C17H25NO. The summed E-state index contributed by atoms with van der Waals surface area (Å²) in [6.07, 6.45) is 5.07. The number of nitrogens with zero attached hydrogens (tertiary/aromatic N) is 1. The molecule has 0 radical (unpaired) electrons. The number of aryl methyl sites for hydroxylation is 1. The Kier molecular flexibility index (Phi) is 3.53. The van der Waals surface area contributed by atoms with Gasteiger partial charge in [-0.2, -0.15) is 0 Å². The summed E-state index contributed by atoms with van der Waals surface area (Å²) in [5, 5.41) is 0. The van der Waals surface area contributed by atoms with Crippen molar-refractivity contribution in [2.45, 2.75) is 57.5 Å². The second kappa shape index (κ2) is 5.16. The van der Waals surface area contributed by atoms with Gasteiger partial charge in [-0.05, 0) is 50.8 Å². The lowest BCUT2D eigenvalue weighted by atomic mass is 9.78. The standard InChI is InChI=1S/C17H25NO/c1-4-10-18-12(2)11-14-15(18)9-8-13-6-5-7-16(19-3)17(13)14/h5-7,12,14-15H,4,8-11H2,1-3H3/t12-,14?,15-/m1/s1. The molecule has 0 aromatic heterocycles. The summed E-state index contributed by atoms with van der Waals surface area (Å²) < 4.78 is 5.63. The maximum atomic E-state index is 5.63. The molecule has 0 bridgehead atoms. The number of ether oxygens (including phenoxy) is 1. The Morgan fingerprint density at radius 3 is 2.95 bits per heavy atom. The molecular weight excluding hydrogens is 234 g/mol. The zero-order chi connectivity index (χ0) is 13.4. The summed E-state index contributed by atoms with van der Waals surface area (Å²) in [6, 6.07) is 8.01. The molecule has 1 aliphatic carbocycles. The van der Waals surface area contributed by atoms with Crippen molar-refractivity contribution >= 4 is 0 Å². The Morgan fingerprint density at radius 1 is 1.37 bits per heavy atom. The zero-order valence-electron chi connectivity index (χ0n) is 12.4. The number of methoxy groups -OCH3 is 1. The van der Waals surface area contributed by atoms with Crippen LogP contribution in [0.5, 0.6) is 5.75 Å². The largest absolute Gasteiger partial charge is 0.496 e. The van der Waals surface area contributed by atoms with Crippen LogP contribution in [0.3, 0.4) is 0 Å². The van der Waals surface area contributed by atoms with E-state index in [9.17, 15) is 0 Å². The van der Waals surface area contributed by atoms with Gasteiger partial charge in [-0.3, -0.25) is 4.90 Å². The number of likely N-dealkylation sites (tertiary alicyclic amines) is 1. The van der Waals surface area contributed by atoms with E-state index in [0.29, 0.717) is 12.0 Å². The normalized spacial score (nSPS) is 29.9. The zero-order valence-corrected chi connectivity index (χ0v) is 12.4. The second-order valence-electron chi connectivity index (χ2n) is 6.07. The van der Waals surface area contributed by atoms with Gasteiger partial charge in [-0.1, -0.05) is 19.1 Å². The minimum absolute atomic E-state index is 0.682. The molecule has 1 aromatic carbocycles. The maximum absolute atomic E-state index is 5.63. The molecule has 2 nitrogen and oxygen atoms in total. The van der Waals surface area contributed by atoms with Gasteiger partial charge < -0.3 is 4.74 Å². The van der Waals surface area contributed by atoms with Crippen LogP contribution in [-0.2, 0) is 6.42 Å². The molecule has 0 saturated carbocycles. The molecule has 104 valence electrons. The van der Waals surface area contributed by atoms with Crippen LogP contribution in [0.15, 0.2) is 18.2 Å². The molecule has 0 amide bonds. The summed E-state index contributed by atoms with van der Waals surface area (Å²) in [4.78, 5) is 2.74. The fraction of sp³-hybridized carbons (Fsp3) is 0.647. The van der Waals surface area contributed by atoms with E-state index in [0.717, 1.165) is 11.8 Å². The first-order valence-corrected chi connectivity index (χ1v) is 7.67. The summed E-state index contributed by atoms with van der Waals surface area (Å²) in [5.74, 6) is 1.79. The molecule has 1 fully saturated rings. The SMILES string of the molecule is CCCN1[C@H](C)CC2c3c(cccc3OC)CC[C@H]21. The lowest BCUT2D eigenvalue weighted by Gasteiger charge is -2.35. The third-order valence-electron chi connectivity index (χ3n) is 4.99. The summed E-state index contributed by atoms with van der Waals surface area (Å²) >= 11 is 0. The Bertz CT molecular complexity index is 442. The Labute approximate surface area is 116 Å². The first-order chi connectivity index (χ1) is 9.26. The Balaban J connectivity index is 1.97. The number of fused-ring (bicyclic) bond motifs is 3. The first-order valence-electron chi connectivity index (χ1n) is 7.67. The highest BCUT2D eigenvalue weighted by molar-refractivity contribution is 5.46. The van der Waals surface area contributed by atoms with Crippen molar-refractivity contribution in [3.05, 3.63) is 29.3 Å². The van der Waals surface area contributed by atoms with Crippen molar-refractivity contribution in [3.63, 3.8) is 0 Å². The van der Waals surface area contributed by atoms with E-state index in [4.69, 9.17) is 4.74 Å². The fourth-order valence-corrected chi connectivity index (χ4v) is 4.25. The number of rotatable bonds is 3. The van der Waals surface area contributed by atoms with Crippen LogP contribution in [0, 0.1) is 0 Å². The highest BCUT2D eigenvalue weighted by Crippen LogP contribution is 2.47. The smallest absolute Gasteiger partial charge is 0.122 e. The molecule has 1 aromatic rings. The summed E-state index contributed by atoms with van der Waals surface area (Å²) in [7, 11) is 1.81. The Morgan fingerprint density at radius 2 is 2.21 bits per heavy atom. The van der Waals surface area contributed by atoms with Crippen molar-refractivity contribution in [1.29, 1.82) is 0 Å². The second-order valence-corrected chi connectivity index (χ2v) is 6.07. The van der Waals surface area contributed by atoms with Crippen LogP contribution in [0.2, 0.25) is 0 Å². The van der Waals surface area contributed by atoms with Crippen LogP contribution in [0.4, 0.5) is 0 Å². The van der Waals surface area contributed by atoms with E-state index >= 15 is 0 Å². The molecule has 2 aliphatic rings. The molecule has 1 heterocycles. The Hall–Kier alpha value is -1.02. The highest BCUT2D eigenvalue weighted by atomic mass is 16.5. The molecule has 0 spiro atoms. The van der Waals surface area contributed by atoms with Gasteiger partial charge in [0, 0.05) is 23.6 Å². The van der Waals surface area contributed by atoms with Gasteiger partial charge in [0.1, 0.15) is 5.75 Å². The molecule has 2 heteroatoms. The van der Waals surface area contributed by atoms with Gasteiger partial charge in [0.25, 0.3) is 0 Å². The van der Waals surface area contributed by atoms with Gasteiger partial charge in [0.15, 0.2) is 0 Å². The summed E-state index contributed by atoms with van der Waals surface area (Å²) in [6.45, 7) is 5.92. The molecule has 1 saturated heterocycles. The van der Waals surface area contributed by atoms with E-state index < -0.39 is 0 Å². The van der Waals surface area contributed by atoms with Crippen LogP contribution < -0.4 is 4.74 Å². The van der Waals surface area contributed by atoms with Gasteiger partial charge in [-0.15, -0.1) is 0 Å². The van der Waals surface area contributed by atoms with Gasteiger partial charge in [-0.25, -0.2) is 0 Å². The van der Waals surface area contributed by atoms with Crippen molar-refractivity contribution in [2.24, 2.45) is 0 Å². The number of hydrogen-bond donors (Lipinski definition) is 0. The predicted molar refractivity (Wildman–Crippen MR) is 78.9 cm³/mol.